The van der Waals surface area contributed by atoms with Crippen LogP contribution in [0.25, 0.3) is 16.8 Å². The molecule has 1 N–H and O–H groups in total. The van der Waals surface area contributed by atoms with Gasteiger partial charge in [0.25, 0.3) is 5.91 Å². The number of nitrogens with one attached hydrogen (secondary N) is 1. The Morgan fingerprint density at radius 3 is 2.17 bits per heavy atom. The van der Waals surface area contributed by atoms with E-state index < -0.39 is 0 Å². The lowest BCUT2D eigenvalue weighted by molar-refractivity contribution is -0.114. The smallest absolute Gasteiger partial charge is 0.253 e. The Morgan fingerprint density at radius 2 is 1.62 bits per heavy atom. The van der Waals surface area contributed by atoms with E-state index in [1.54, 1.807) is 21.7 Å². The van der Waals surface area contributed by atoms with Crippen LogP contribution in [-0.2, 0) is 4.79 Å². The van der Waals surface area contributed by atoms with Crippen molar-refractivity contribution in [1.29, 1.82) is 0 Å². The number of anilines is 1. The second-order valence-corrected chi connectivity index (χ2v) is 6.79. The maximum absolute atomic E-state index is 12.6. The molecule has 0 bridgehead atoms. The number of hydrogen-bond acceptors (Lipinski definition) is 3. The first-order chi connectivity index (χ1) is 14.0. The zero-order valence-electron chi connectivity index (χ0n) is 17.3. The van der Waals surface area contributed by atoms with Crippen LogP contribution >= 0.6 is 0 Å². The van der Waals surface area contributed by atoms with Crippen molar-refractivity contribution >= 4 is 17.6 Å². The number of carbonyl (C=O) groups is 2. The number of nitrogens with zero attached hydrogens (tertiary/aromatic N) is 3. The zero-order chi connectivity index (χ0) is 21.0. The van der Waals surface area contributed by atoms with Crippen molar-refractivity contribution < 1.29 is 9.59 Å². The molecule has 3 aromatic rings. The number of carbonyl (C=O) groups excluding carboxylic acids is 2. The molecule has 0 radical (unpaired) electrons. The Morgan fingerprint density at radius 1 is 1.00 bits per heavy atom. The van der Waals surface area contributed by atoms with Crippen molar-refractivity contribution in [2.24, 2.45) is 0 Å². The highest BCUT2D eigenvalue weighted by molar-refractivity contribution is 5.95. The predicted molar refractivity (Wildman–Crippen MR) is 115 cm³/mol. The maximum atomic E-state index is 12.6. The van der Waals surface area contributed by atoms with Gasteiger partial charge in [-0.3, -0.25) is 9.59 Å². The Bertz CT molecular complexity index is 1000. The molecule has 0 spiro atoms. The Balaban J connectivity index is 2.05. The van der Waals surface area contributed by atoms with E-state index in [0.29, 0.717) is 24.5 Å². The van der Waals surface area contributed by atoms with Crippen LogP contribution in [0, 0.1) is 6.92 Å². The summed E-state index contributed by atoms with van der Waals surface area (Å²) < 4.78 is 1.71. The number of amides is 2. The number of aromatic nitrogens is 2. The first-order valence-corrected chi connectivity index (χ1v) is 9.78. The van der Waals surface area contributed by atoms with E-state index in [0.717, 1.165) is 22.5 Å². The lowest BCUT2D eigenvalue weighted by Crippen LogP contribution is -2.30. The topological polar surface area (TPSA) is 67.2 Å². The summed E-state index contributed by atoms with van der Waals surface area (Å²) in [5.74, 6) is 0.450. The van der Waals surface area contributed by atoms with Crippen LogP contribution in [0.2, 0.25) is 0 Å². The van der Waals surface area contributed by atoms with E-state index >= 15 is 0 Å². The fourth-order valence-corrected chi connectivity index (χ4v) is 3.39. The molecule has 6 heteroatoms. The summed E-state index contributed by atoms with van der Waals surface area (Å²) in [5.41, 5.74) is 4.07. The minimum Gasteiger partial charge on any atom is -0.339 e. The molecule has 2 amide bonds. The van der Waals surface area contributed by atoms with Crippen LogP contribution in [0.15, 0.2) is 54.6 Å². The molecule has 0 fully saturated rings. The third kappa shape index (κ3) is 4.21. The van der Waals surface area contributed by atoms with Crippen LogP contribution in [-0.4, -0.2) is 39.6 Å². The van der Waals surface area contributed by atoms with Crippen molar-refractivity contribution in [3.63, 3.8) is 0 Å². The molecule has 2 aromatic carbocycles. The van der Waals surface area contributed by atoms with Crippen LogP contribution in [0.1, 0.15) is 36.8 Å². The van der Waals surface area contributed by atoms with E-state index in [1.165, 1.54) is 6.92 Å². The van der Waals surface area contributed by atoms with Gasteiger partial charge in [0.1, 0.15) is 5.82 Å². The number of benzene rings is 2. The molecule has 0 atom stereocenters. The molecule has 0 aliphatic carbocycles. The van der Waals surface area contributed by atoms with Crippen LogP contribution in [0.4, 0.5) is 5.82 Å². The summed E-state index contributed by atoms with van der Waals surface area (Å²) in [6, 6.07) is 17.1. The fraction of sp³-hybridized carbons (Fsp3) is 0.261. The third-order valence-electron chi connectivity index (χ3n) is 4.83. The summed E-state index contributed by atoms with van der Waals surface area (Å²) in [4.78, 5) is 26.2. The monoisotopic (exact) mass is 390 g/mol. The molecule has 1 heterocycles. The minimum absolute atomic E-state index is 0.00487. The Kier molecular flexibility index (Phi) is 6.12. The molecule has 6 nitrogen and oxygen atoms in total. The van der Waals surface area contributed by atoms with E-state index in [-0.39, 0.29) is 11.8 Å². The normalized spacial score (nSPS) is 10.6. The Hall–Kier alpha value is -3.41. The summed E-state index contributed by atoms with van der Waals surface area (Å²) >= 11 is 0. The van der Waals surface area contributed by atoms with Crippen molar-refractivity contribution in [1.82, 2.24) is 14.7 Å². The summed E-state index contributed by atoms with van der Waals surface area (Å²) in [6.45, 7) is 8.67. The molecule has 0 aliphatic heterocycles. The lowest BCUT2D eigenvalue weighted by Gasteiger charge is -2.18. The number of rotatable bonds is 6. The average molecular weight is 390 g/mol. The van der Waals surface area contributed by atoms with Gasteiger partial charge < -0.3 is 10.2 Å². The Labute approximate surface area is 171 Å². The lowest BCUT2D eigenvalue weighted by atomic mass is 10.1. The van der Waals surface area contributed by atoms with Gasteiger partial charge in [-0.05, 0) is 50.6 Å². The largest absolute Gasteiger partial charge is 0.339 e. The zero-order valence-corrected chi connectivity index (χ0v) is 17.3. The van der Waals surface area contributed by atoms with Gasteiger partial charge in [0, 0.05) is 31.1 Å². The number of aryl methyl sites for hydroxylation is 1. The van der Waals surface area contributed by atoms with Gasteiger partial charge in [-0.2, -0.15) is 5.10 Å². The highest BCUT2D eigenvalue weighted by Gasteiger charge is 2.19. The maximum Gasteiger partial charge on any atom is 0.253 e. The van der Waals surface area contributed by atoms with Gasteiger partial charge >= 0.3 is 0 Å². The van der Waals surface area contributed by atoms with Crippen molar-refractivity contribution in [3.05, 3.63) is 65.9 Å². The first-order valence-electron chi connectivity index (χ1n) is 9.78. The second kappa shape index (κ2) is 8.73. The van der Waals surface area contributed by atoms with Gasteiger partial charge in [0.2, 0.25) is 5.91 Å². The first kappa shape index (κ1) is 20.3. The quantitative estimate of drug-likeness (QED) is 0.683. The summed E-state index contributed by atoms with van der Waals surface area (Å²) in [6.07, 6.45) is 0. The molecule has 3 rings (SSSR count). The van der Waals surface area contributed by atoms with E-state index in [2.05, 4.69) is 10.4 Å². The molecular weight excluding hydrogens is 364 g/mol. The van der Waals surface area contributed by atoms with Crippen LogP contribution in [0.3, 0.4) is 0 Å². The third-order valence-corrected chi connectivity index (χ3v) is 4.83. The van der Waals surface area contributed by atoms with Gasteiger partial charge in [0.15, 0.2) is 0 Å². The van der Waals surface area contributed by atoms with E-state index in [9.17, 15) is 9.59 Å². The van der Waals surface area contributed by atoms with Crippen molar-refractivity contribution in [3.8, 4) is 16.8 Å². The molecule has 0 aliphatic rings. The molecule has 0 unspecified atom stereocenters. The fourth-order valence-electron chi connectivity index (χ4n) is 3.39. The number of hydrogen-bond donors (Lipinski definition) is 1. The standard InChI is InChI=1S/C23H26N4O2/c1-5-26(6-2)23(29)19-12-14-20(15-13-19)27-22(24-17(4)28)21(16(3)25-27)18-10-8-7-9-11-18/h7-15H,5-6H2,1-4H3,(H,24,28). The second-order valence-electron chi connectivity index (χ2n) is 6.79. The van der Waals surface area contributed by atoms with Gasteiger partial charge in [0.05, 0.1) is 11.4 Å². The summed E-state index contributed by atoms with van der Waals surface area (Å²) in [5, 5.41) is 7.58. The highest BCUT2D eigenvalue weighted by Crippen LogP contribution is 2.33. The molecule has 0 saturated carbocycles. The minimum atomic E-state index is -0.170. The summed E-state index contributed by atoms with van der Waals surface area (Å²) in [7, 11) is 0. The highest BCUT2D eigenvalue weighted by atomic mass is 16.2. The van der Waals surface area contributed by atoms with Gasteiger partial charge in [-0.25, -0.2) is 4.68 Å². The van der Waals surface area contributed by atoms with E-state index in [1.807, 2.05) is 63.2 Å². The average Bonchev–Trinajstić information content (AvgIpc) is 3.04. The van der Waals surface area contributed by atoms with Crippen molar-refractivity contribution in [2.75, 3.05) is 18.4 Å². The van der Waals surface area contributed by atoms with Crippen LogP contribution in [0.5, 0.6) is 0 Å². The SMILES string of the molecule is CCN(CC)C(=O)c1ccc(-n2nc(C)c(-c3ccccc3)c2NC(C)=O)cc1. The van der Waals surface area contributed by atoms with E-state index in [4.69, 9.17) is 0 Å². The van der Waals surface area contributed by atoms with Gasteiger partial charge in [-0.15, -0.1) is 0 Å². The predicted octanol–water partition coefficient (Wildman–Crippen LogP) is 4.29. The van der Waals surface area contributed by atoms with Gasteiger partial charge in [-0.1, -0.05) is 30.3 Å². The molecule has 0 saturated heterocycles. The molecular formula is C23H26N4O2. The molecule has 29 heavy (non-hydrogen) atoms. The van der Waals surface area contributed by atoms with Crippen LogP contribution < -0.4 is 5.32 Å². The molecule has 150 valence electrons. The molecule has 1 aromatic heterocycles. The van der Waals surface area contributed by atoms with Crippen molar-refractivity contribution in [2.45, 2.75) is 27.7 Å².